The van der Waals surface area contributed by atoms with E-state index >= 15 is 0 Å². The fraction of sp³-hybridized carbons (Fsp3) is 0.556. The van der Waals surface area contributed by atoms with Gasteiger partial charge in [0, 0.05) is 20.1 Å². The average Bonchev–Trinajstić information content (AvgIpc) is 2.51. The largest absolute Gasteiger partial charge is 0.359 e. The third kappa shape index (κ3) is 2.32. The van der Waals surface area contributed by atoms with Gasteiger partial charge in [-0.25, -0.2) is 0 Å². The predicted molar refractivity (Wildman–Crippen MR) is 82.6 cm³/mol. The molecule has 1 aromatic carbocycles. The third-order valence-corrected chi connectivity index (χ3v) is 5.04. The molecule has 2 nitrogen and oxygen atoms in total. The van der Waals surface area contributed by atoms with Gasteiger partial charge in [-0.2, -0.15) is 0 Å². The highest BCUT2D eigenvalue weighted by molar-refractivity contribution is 5.32. The number of likely N-dealkylation sites (N-methyl/N-ethyl adjacent to an activating group) is 1. The fourth-order valence-corrected chi connectivity index (χ4v) is 3.89. The van der Waals surface area contributed by atoms with Crippen LogP contribution in [-0.4, -0.2) is 31.3 Å². The van der Waals surface area contributed by atoms with Gasteiger partial charge in [0.15, 0.2) is 0 Å². The number of methoxy groups -OCH3 is 1. The number of ether oxygens (including phenoxy) is 1. The highest BCUT2D eigenvalue weighted by Crippen LogP contribution is 2.42. The van der Waals surface area contributed by atoms with Crippen molar-refractivity contribution in [3.05, 3.63) is 47.0 Å². The van der Waals surface area contributed by atoms with Gasteiger partial charge in [0.1, 0.15) is 5.72 Å². The van der Waals surface area contributed by atoms with Gasteiger partial charge in [0.05, 0.1) is 0 Å². The first kappa shape index (κ1) is 13.8. The molecule has 0 aromatic heterocycles. The summed E-state index contributed by atoms with van der Waals surface area (Å²) in [6.45, 7) is 1.11. The molecule has 0 spiro atoms. The zero-order chi connectivity index (χ0) is 14.0. The molecule has 2 aliphatic rings. The lowest BCUT2D eigenvalue weighted by atomic mass is 9.78. The van der Waals surface area contributed by atoms with Crippen molar-refractivity contribution >= 4 is 0 Å². The van der Waals surface area contributed by atoms with Crippen molar-refractivity contribution in [2.24, 2.45) is 0 Å². The van der Waals surface area contributed by atoms with Crippen LogP contribution in [0.15, 0.2) is 41.5 Å². The molecule has 1 atom stereocenters. The molecule has 1 heterocycles. The quantitative estimate of drug-likeness (QED) is 0.776. The molecule has 0 fully saturated rings. The standard InChI is InChI=1S/C18H25NO/c1-19-13-12-16-10-6-7-11-17(16)18(19,20-2)14-15-8-4-3-5-9-15/h3-5,8-9H,6-7,10-14H2,1-2H3. The molecule has 20 heavy (non-hydrogen) atoms. The maximum absolute atomic E-state index is 6.13. The van der Waals surface area contributed by atoms with Crippen LogP contribution >= 0.6 is 0 Å². The first-order chi connectivity index (χ1) is 9.76. The molecule has 0 bridgehead atoms. The van der Waals surface area contributed by atoms with E-state index in [0.717, 1.165) is 13.0 Å². The Balaban J connectivity index is 1.99. The minimum Gasteiger partial charge on any atom is -0.359 e. The van der Waals surface area contributed by atoms with Crippen molar-refractivity contribution in [1.29, 1.82) is 0 Å². The van der Waals surface area contributed by atoms with Crippen molar-refractivity contribution in [3.63, 3.8) is 0 Å². The molecule has 1 aromatic rings. The van der Waals surface area contributed by atoms with E-state index in [0.29, 0.717) is 0 Å². The summed E-state index contributed by atoms with van der Waals surface area (Å²) in [6.07, 6.45) is 7.34. The van der Waals surface area contributed by atoms with E-state index in [1.165, 1.54) is 37.7 Å². The Morgan fingerprint density at radius 3 is 2.60 bits per heavy atom. The Morgan fingerprint density at radius 1 is 1.10 bits per heavy atom. The van der Waals surface area contributed by atoms with Crippen LogP contribution in [0.3, 0.4) is 0 Å². The average molecular weight is 271 g/mol. The van der Waals surface area contributed by atoms with Crippen LogP contribution in [0.4, 0.5) is 0 Å². The van der Waals surface area contributed by atoms with Crippen LogP contribution in [0.25, 0.3) is 0 Å². The summed E-state index contributed by atoms with van der Waals surface area (Å²) in [6, 6.07) is 10.8. The van der Waals surface area contributed by atoms with E-state index < -0.39 is 0 Å². The lowest BCUT2D eigenvalue weighted by Crippen LogP contribution is -2.55. The second kappa shape index (κ2) is 5.71. The molecule has 1 unspecified atom stereocenters. The van der Waals surface area contributed by atoms with Gasteiger partial charge in [0.25, 0.3) is 0 Å². The summed E-state index contributed by atoms with van der Waals surface area (Å²) < 4.78 is 6.13. The minimum absolute atomic E-state index is 0.213. The Kier molecular flexibility index (Phi) is 3.95. The molecule has 0 saturated heterocycles. The maximum atomic E-state index is 6.13. The zero-order valence-corrected chi connectivity index (χ0v) is 12.7. The number of rotatable bonds is 3. The van der Waals surface area contributed by atoms with E-state index in [4.69, 9.17) is 4.74 Å². The minimum atomic E-state index is -0.213. The monoisotopic (exact) mass is 271 g/mol. The van der Waals surface area contributed by atoms with Crippen molar-refractivity contribution in [2.75, 3.05) is 20.7 Å². The second-order valence-corrected chi connectivity index (χ2v) is 6.11. The van der Waals surface area contributed by atoms with E-state index in [2.05, 4.69) is 42.3 Å². The number of hydrogen-bond donors (Lipinski definition) is 0. The molecule has 1 aliphatic carbocycles. The Bertz CT molecular complexity index is 493. The Hall–Kier alpha value is -1.12. The predicted octanol–water partition coefficient (Wildman–Crippen LogP) is 3.78. The molecule has 0 radical (unpaired) electrons. The van der Waals surface area contributed by atoms with E-state index in [-0.39, 0.29) is 5.72 Å². The maximum Gasteiger partial charge on any atom is 0.147 e. The van der Waals surface area contributed by atoms with Crippen LogP contribution < -0.4 is 0 Å². The number of hydrogen-bond acceptors (Lipinski definition) is 2. The smallest absolute Gasteiger partial charge is 0.147 e. The summed E-state index contributed by atoms with van der Waals surface area (Å²) >= 11 is 0. The summed E-state index contributed by atoms with van der Waals surface area (Å²) in [4.78, 5) is 2.42. The Labute approximate surface area is 122 Å². The normalized spacial score (nSPS) is 27.5. The molecule has 0 N–H and O–H groups in total. The van der Waals surface area contributed by atoms with Gasteiger partial charge in [-0.05, 0) is 50.3 Å². The van der Waals surface area contributed by atoms with Crippen molar-refractivity contribution < 1.29 is 4.74 Å². The highest BCUT2D eigenvalue weighted by Gasteiger charge is 2.43. The van der Waals surface area contributed by atoms with Gasteiger partial charge in [-0.1, -0.05) is 35.9 Å². The van der Waals surface area contributed by atoms with Crippen LogP contribution in [-0.2, 0) is 11.2 Å². The molecule has 3 rings (SSSR count). The zero-order valence-electron chi connectivity index (χ0n) is 12.7. The van der Waals surface area contributed by atoms with Crippen molar-refractivity contribution in [2.45, 2.75) is 44.2 Å². The summed E-state index contributed by atoms with van der Waals surface area (Å²) in [5.74, 6) is 0. The number of benzene rings is 1. The fourth-order valence-electron chi connectivity index (χ4n) is 3.89. The molecule has 108 valence electrons. The van der Waals surface area contributed by atoms with Crippen LogP contribution in [0.2, 0.25) is 0 Å². The molecular weight excluding hydrogens is 246 g/mol. The summed E-state index contributed by atoms with van der Waals surface area (Å²) in [7, 11) is 4.09. The van der Waals surface area contributed by atoms with Gasteiger partial charge in [-0.15, -0.1) is 0 Å². The van der Waals surface area contributed by atoms with Crippen molar-refractivity contribution in [1.82, 2.24) is 4.90 Å². The van der Waals surface area contributed by atoms with Gasteiger partial charge >= 0.3 is 0 Å². The van der Waals surface area contributed by atoms with Gasteiger partial charge in [-0.3, -0.25) is 4.90 Å². The van der Waals surface area contributed by atoms with Gasteiger partial charge < -0.3 is 4.74 Å². The third-order valence-electron chi connectivity index (χ3n) is 5.04. The number of nitrogens with zero attached hydrogens (tertiary/aromatic N) is 1. The summed E-state index contributed by atoms with van der Waals surface area (Å²) in [5.41, 5.74) is 4.39. The first-order valence-corrected chi connectivity index (χ1v) is 7.78. The van der Waals surface area contributed by atoms with Crippen LogP contribution in [0, 0.1) is 0 Å². The van der Waals surface area contributed by atoms with Gasteiger partial charge in [0.2, 0.25) is 0 Å². The van der Waals surface area contributed by atoms with E-state index in [9.17, 15) is 0 Å². The summed E-state index contributed by atoms with van der Waals surface area (Å²) in [5, 5.41) is 0. The SMILES string of the molecule is COC1(Cc2ccccc2)C2=C(CCCC2)CCN1C. The molecule has 0 saturated carbocycles. The first-order valence-electron chi connectivity index (χ1n) is 7.78. The topological polar surface area (TPSA) is 12.5 Å². The van der Waals surface area contributed by atoms with Crippen molar-refractivity contribution in [3.8, 4) is 0 Å². The molecule has 1 aliphatic heterocycles. The Morgan fingerprint density at radius 2 is 1.85 bits per heavy atom. The molecule has 2 heteroatoms. The lowest BCUT2D eigenvalue weighted by Gasteiger charge is -2.48. The van der Waals surface area contributed by atoms with Crippen LogP contribution in [0.1, 0.15) is 37.7 Å². The lowest BCUT2D eigenvalue weighted by molar-refractivity contribution is -0.105. The highest BCUT2D eigenvalue weighted by atomic mass is 16.5. The second-order valence-electron chi connectivity index (χ2n) is 6.11. The molecular formula is C18H25NO. The van der Waals surface area contributed by atoms with E-state index in [1.807, 2.05) is 7.11 Å². The van der Waals surface area contributed by atoms with E-state index in [1.54, 1.807) is 11.1 Å². The van der Waals surface area contributed by atoms with Crippen LogP contribution in [0.5, 0.6) is 0 Å². The molecule has 0 amide bonds.